The van der Waals surface area contributed by atoms with Crippen LogP contribution in [-0.4, -0.2) is 19.3 Å². The smallest absolute Gasteiger partial charge is 0.537 e. The SMILES string of the molecule is CCCOc1ccc(O[B]O)cc1. The van der Waals surface area contributed by atoms with Gasteiger partial charge in [0.05, 0.1) is 6.61 Å². The predicted octanol–water partition coefficient (Wildman–Crippen LogP) is 1.38. The van der Waals surface area contributed by atoms with Crippen LogP contribution < -0.4 is 9.39 Å². The van der Waals surface area contributed by atoms with Gasteiger partial charge in [-0.3, -0.25) is 0 Å². The van der Waals surface area contributed by atoms with E-state index >= 15 is 0 Å². The predicted molar refractivity (Wildman–Crippen MR) is 50.8 cm³/mol. The Kier molecular flexibility index (Phi) is 4.19. The third kappa shape index (κ3) is 3.38. The van der Waals surface area contributed by atoms with Gasteiger partial charge < -0.3 is 14.4 Å². The second-order valence-corrected chi connectivity index (χ2v) is 2.54. The van der Waals surface area contributed by atoms with E-state index in [4.69, 9.17) is 14.4 Å². The highest BCUT2D eigenvalue weighted by molar-refractivity contribution is 6.17. The van der Waals surface area contributed by atoms with E-state index in [0.29, 0.717) is 20.0 Å². The number of hydrogen-bond acceptors (Lipinski definition) is 3. The molecule has 0 spiro atoms. The average molecular weight is 179 g/mol. The Labute approximate surface area is 78.6 Å². The van der Waals surface area contributed by atoms with Crippen molar-refractivity contribution in [1.82, 2.24) is 0 Å². The van der Waals surface area contributed by atoms with E-state index in [1.165, 1.54) is 0 Å². The molecule has 0 fully saturated rings. The van der Waals surface area contributed by atoms with Crippen LogP contribution in [0.5, 0.6) is 11.5 Å². The van der Waals surface area contributed by atoms with Gasteiger partial charge in [-0.2, -0.15) is 0 Å². The molecule has 0 unspecified atom stereocenters. The third-order valence-electron chi connectivity index (χ3n) is 1.49. The summed E-state index contributed by atoms with van der Waals surface area (Å²) in [4.78, 5) is 0. The van der Waals surface area contributed by atoms with E-state index in [2.05, 4.69) is 6.92 Å². The molecular weight excluding hydrogens is 167 g/mol. The van der Waals surface area contributed by atoms with Crippen molar-refractivity contribution in [3.8, 4) is 11.5 Å². The zero-order valence-electron chi connectivity index (χ0n) is 7.56. The molecule has 3 nitrogen and oxygen atoms in total. The minimum Gasteiger partial charge on any atom is -0.537 e. The van der Waals surface area contributed by atoms with Crippen molar-refractivity contribution >= 4 is 7.69 Å². The van der Waals surface area contributed by atoms with Crippen molar-refractivity contribution in [3.05, 3.63) is 24.3 Å². The summed E-state index contributed by atoms with van der Waals surface area (Å²) >= 11 is 0. The number of benzene rings is 1. The molecule has 0 aliphatic rings. The van der Waals surface area contributed by atoms with Crippen LogP contribution in [0.2, 0.25) is 0 Å². The Morgan fingerprint density at radius 3 is 2.38 bits per heavy atom. The first kappa shape index (κ1) is 9.93. The quantitative estimate of drug-likeness (QED) is 0.694. The molecule has 69 valence electrons. The zero-order valence-corrected chi connectivity index (χ0v) is 7.56. The van der Waals surface area contributed by atoms with Gasteiger partial charge in [-0.15, -0.1) is 0 Å². The van der Waals surface area contributed by atoms with Crippen LogP contribution in [0.25, 0.3) is 0 Å². The number of ether oxygens (including phenoxy) is 1. The Morgan fingerprint density at radius 1 is 1.23 bits per heavy atom. The van der Waals surface area contributed by atoms with E-state index in [9.17, 15) is 0 Å². The van der Waals surface area contributed by atoms with Crippen molar-refractivity contribution in [3.63, 3.8) is 0 Å². The van der Waals surface area contributed by atoms with Crippen molar-refractivity contribution in [2.75, 3.05) is 6.61 Å². The normalized spacial score (nSPS) is 9.38. The van der Waals surface area contributed by atoms with Crippen LogP contribution in [-0.2, 0) is 0 Å². The fourth-order valence-corrected chi connectivity index (χ4v) is 0.895. The van der Waals surface area contributed by atoms with Crippen LogP contribution in [0.15, 0.2) is 24.3 Å². The lowest BCUT2D eigenvalue weighted by Gasteiger charge is -2.05. The second-order valence-electron chi connectivity index (χ2n) is 2.54. The zero-order chi connectivity index (χ0) is 9.52. The van der Waals surface area contributed by atoms with E-state index in [-0.39, 0.29) is 0 Å². The standard InChI is InChI=1S/C9H12BO3/c1-2-7-12-8-3-5-9(6-4-8)13-10-11/h3-6,11H,2,7H2,1H3. The molecule has 13 heavy (non-hydrogen) atoms. The Morgan fingerprint density at radius 2 is 1.85 bits per heavy atom. The maximum Gasteiger partial charge on any atom is 0.569 e. The first-order valence-electron chi connectivity index (χ1n) is 4.22. The molecule has 1 aromatic rings. The molecular formula is C9H12BO3. The molecule has 4 heteroatoms. The van der Waals surface area contributed by atoms with Crippen LogP contribution in [0.3, 0.4) is 0 Å². The van der Waals surface area contributed by atoms with Crippen LogP contribution in [0, 0.1) is 0 Å². The summed E-state index contributed by atoms with van der Waals surface area (Å²) in [6.07, 6.45) is 0.989. The fraction of sp³-hybridized carbons (Fsp3) is 0.333. The van der Waals surface area contributed by atoms with Gasteiger partial charge in [0.1, 0.15) is 11.5 Å². The summed E-state index contributed by atoms with van der Waals surface area (Å²) in [5.74, 6) is 1.40. The summed E-state index contributed by atoms with van der Waals surface area (Å²) < 4.78 is 10.1. The molecule has 1 radical (unpaired) electrons. The van der Waals surface area contributed by atoms with Crippen LogP contribution in [0.4, 0.5) is 0 Å². The van der Waals surface area contributed by atoms with Gasteiger partial charge in [0.15, 0.2) is 0 Å². The first-order valence-corrected chi connectivity index (χ1v) is 4.22. The van der Waals surface area contributed by atoms with E-state index in [1.54, 1.807) is 24.3 Å². The van der Waals surface area contributed by atoms with E-state index < -0.39 is 0 Å². The van der Waals surface area contributed by atoms with Gasteiger partial charge in [0, 0.05) is 0 Å². The summed E-state index contributed by atoms with van der Waals surface area (Å²) in [7, 11) is 0.655. The maximum absolute atomic E-state index is 8.35. The maximum atomic E-state index is 8.35. The van der Waals surface area contributed by atoms with Crippen LogP contribution in [0.1, 0.15) is 13.3 Å². The summed E-state index contributed by atoms with van der Waals surface area (Å²) in [5, 5.41) is 8.35. The molecule has 1 N–H and O–H groups in total. The average Bonchev–Trinajstić information content (AvgIpc) is 2.17. The number of rotatable bonds is 5. The lowest BCUT2D eigenvalue weighted by molar-refractivity contribution is 0.317. The van der Waals surface area contributed by atoms with Crippen molar-refractivity contribution in [1.29, 1.82) is 0 Å². The topological polar surface area (TPSA) is 38.7 Å². The highest BCUT2D eigenvalue weighted by atomic mass is 16.5. The van der Waals surface area contributed by atoms with Crippen molar-refractivity contribution < 1.29 is 14.4 Å². The Hall–Kier alpha value is -1.16. The van der Waals surface area contributed by atoms with E-state index in [1.807, 2.05) is 0 Å². The minimum absolute atomic E-state index is 0.589. The van der Waals surface area contributed by atoms with Crippen molar-refractivity contribution in [2.45, 2.75) is 13.3 Å². The summed E-state index contributed by atoms with van der Waals surface area (Å²) in [6.45, 7) is 2.77. The molecule has 0 bridgehead atoms. The minimum atomic E-state index is 0.589. The molecule has 1 rings (SSSR count). The lowest BCUT2D eigenvalue weighted by atomic mass is 10.3. The molecule has 0 atom stereocenters. The highest BCUT2D eigenvalue weighted by Crippen LogP contribution is 2.16. The third-order valence-corrected chi connectivity index (χ3v) is 1.49. The van der Waals surface area contributed by atoms with Crippen LogP contribution >= 0.6 is 0 Å². The lowest BCUT2D eigenvalue weighted by Crippen LogP contribution is -1.99. The molecule has 0 saturated heterocycles. The second kappa shape index (κ2) is 5.48. The molecule has 0 saturated carbocycles. The monoisotopic (exact) mass is 179 g/mol. The van der Waals surface area contributed by atoms with Gasteiger partial charge in [0.2, 0.25) is 0 Å². The summed E-state index contributed by atoms with van der Waals surface area (Å²) in [6, 6.07) is 7.07. The van der Waals surface area contributed by atoms with E-state index in [0.717, 1.165) is 12.2 Å². The molecule has 0 aromatic heterocycles. The van der Waals surface area contributed by atoms with Gasteiger partial charge in [-0.1, -0.05) is 6.92 Å². The Balaban J connectivity index is 2.48. The largest absolute Gasteiger partial charge is 0.569 e. The van der Waals surface area contributed by atoms with Crippen molar-refractivity contribution in [2.24, 2.45) is 0 Å². The molecule has 1 aromatic carbocycles. The van der Waals surface area contributed by atoms with Gasteiger partial charge >= 0.3 is 7.69 Å². The summed E-state index contributed by atoms with van der Waals surface area (Å²) in [5.41, 5.74) is 0. The number of hydrogen-bond donors (Lipinski definition) is 1. The molecule has 0 heterocycles. The molecule has 0 amide bonds. The first-order chi connectivity index (χ1) is 6.36. The van der Waals surface area contributed by atoms with Gasteiger partial charge in [-0.25, -0.2) is 0 Å². The van der Waals surface area contributed by atoms with Gasteiger partial charge in [-0.05, 0) is 30.7 Å². The fourth-order valence-electron chi connectivity index (χ4n) is 0.895. The highest BCUT2D eigenvalue weighted by Gasteiger charge is 1.95. The molecule has 0 aliphatic heterocycles. The molecule has 0 aliphatic carbocycles. The van der Waals surface area contributed by atoms with Gasteiger partial charge in [0.25, 0.3) is 0 Å². The Bertz CT molecular complexity index is 235.